The lowest BCUT2D eigenvalue weighted by Crippen LogP contribution is -2.06. The number of nitro benzene ring substituents is 1. The molecule has 0 bridgehead atoms. The van der Waals surface area contributed by atoms with E-state index in [2.05, 4.69) is 15.5 Å². The van der Waals surface area contributed by atoms with Gasteiger partial charge < -0.3 is 9.84 Å². The number of hydrogen-bond donors (Lipinski definition) is 1. The van der Waals surface area contributed by atoms with E-state index in [1.54, 1.807) is 13.0 Å². The number of nitro groups is 1. The maximum Gasteiger partial charge on any atom is 0.271 e. The highest BCUT2D eigenvalue weighted by atomic mass is 16.6. The fourth-order valence-corrected chi connectivity index (χ4v) is 1.66. The predicted octanol–water partition coefficient (Wildman–Crippen LogP) is 2.25. The van der Waals surface area contributed by atoms with Gasteiger partial charge in [0.05, 0.1) is 4.92 Å². The molecular weight excluding hydrogens is 248 g/mol. The number of nitrogens with zero attached hydrogens (tertiary/aromatic N) is 3. The van der Waals surface area contributed by atoms with E-state index in [9.17, 15) is 10.1 Å². The Morgan fingerprint density at radius 3 is 2.84 bits per heavy atom. The predicted molar refractivity (Wildman–Crippen MR) is 69.1 cm³/mol. The molecule has 2 aromatic rings. The lowest BCUT2D eigenvalue weighted by atomic mass is 10.2. The average molecular weight is 262 g/mol. The number of hydrogen-bond acceptors (Lipinski definition) is 6. The zero-order valence-corrected chi connectivity index (χ0v) is 10.7. The number of benzene rings is 1. The van der Waals surface area contributed by atoms with Crippen molar-refractivity contribution in [2.45, 2.75) is 20.3 Å². The number of rotatable bonds is 5. The third-order valence-corrected chi connectivity index (χ3v) is 2.66. The Bertz CT molecular complexity index is 594. The van der Waals surface area contributed by atoms with Gasteiger partial charge in [0.15, 0.2) is 5.82 Å². The molecule has 0 amide bonds. The Morgan fingerprint density at radius 2 is 2.21 bits per heavy atom. The minimum atomic E-state index is -0.411. The molecule has 2 rings (SSSR count). The summed E-state index contributed by atoms with van der Waals surface area (Å²) in [7, 11) is 0. The van der Waals surface area contributed by atoms with Crippen molar-refractivity contribution in [1.82, 2.24) is 10.1 Å². The van der Waals surface area contributed by atoms with Crippen LogP contribution in [0.25, 0.3) is 0 Å². The van der Waals surface area contributed by atoms with E-state index < -0.39 is 4.92 Å². The van der Waals surface area contributed by atoms with Gasteiger partial charge in [-0.15, -0.1) is 0 Å². The van der Waals surface area contributed by atoms with Gasteiger partial charge in [-0.25, -0.2) is 0 Å². The highest BCUT2D eigenvalue weighted by Gasteiger charge is 2.09. The van der Waals surface area contributed by atoms with Gasteiger partial charge in [-0.1, -0.05) is 11.2 Å². The lowest BCUT2D eigenvalue weighted by molar-refractivity contribution is -0.384. The molecule has 1 aromatic carbocycles. The van der Waals surface area contributed by atoms with Crippen LogP contribution in [0.15, 0.2) is 22.7 Å². The highest BCUT2D eigenvalue weighted by Crippen LogP contribution is 2.21. The summed E-state index contributed by atoms with van der Waals surface area (Å²) in [4.78, 5) is 14.4. The molecule has 0 spiro atoms. The fourth-order valence-electron chi connectivity index (χ4n) is 1.66. The van der Waals surface area contributed by atoms with E-state index in [1.807, 2.05) is 6.92 Å². The maximum atomic E-state index is 10.7. The molecule has 0 aliphatic carbocycles. The van der Waals surface area contributed by atoms with Gasteiger partial charge in [-0.3, -0.25) is 10.1 Å². The molecule has 0 fully saturated rings. The van der Waals surface area contributed by atoms with Crippen molar-refractivity contribution in [1.29, 1.82) is 0 Å². The largest absolute Gasteiger partial charge is 0.384 e. The zero-order chi connectivity index (χ0) is 13.8. The van der Waals surface area contributed by atoms with Crippen molar-refractivity contribution in [2.75, 3.05) is 11.9 Å². The summed E-state index contributed by atoms with van der Waals surface area (Å²) in [6, 6.07) is 4.73. The Labute approximate surface area is 109 Å². The van der Waals surface area contributed by atoms with Crippen LogP contribution in [0.3, 0.4) is 0 Å². The topological polar surface area (TPSA) is 94.1 Å². The monoisotopic (exact) mass is 262 g/mol. The highest BCUT2D eigenvalue weighted by molar-refractivity contribution is 5.56. The molecule has 0 saturated heterocycles. The van der Waals surface area contributed by atoms with Crippen LogP contribution in [0.1, 0.15) is 17.3 Å². The van der Waals surface area contributed by atoms with Gasteiger partial charge in [0.2, 0.25) is 5.89 Å². The minimum absolute atomic E-state index is 0.0711. The van der Waals surface area contributed by atoms with E-state index in [-0.39, 0.29) is 5.69 Å². The van der Waals surface area contributed by atoms with Crippen LogP contribution in [0, 0.1) is 24.0 Å². The second kappa shape index (κ2) is 5.47. The van der Waals surface area contributed by atoms with Crippen molar-refractivity contribution in [3.63, 3.8) is 0 Å². The number of anilines is 1. The molecule has 1 aromatic heterocycles. The van der Waals surface area contributed by atoms with E-state index >= 15 is 0 Å². The number of aryl methyl sites for hydroxylation is 2. The first kappa shape index (κ1) is 13.0. The molecule has 100 valence electrons. The van der Waals surface area contributed by atoms with Crippen LogP contribution >= 0.6 is 0 Å². The molecule has 0 aliphatic rings. The quantitative estimate of drug-likeness (QED) is 0.656. The number of non-ortho nitro benzene ring substituents is 1. The molecule has 7 nitrogen and oxygen atoms in total. The minimum Gasteiger partial charge on any atom is -0.384 e. The molecule has 0 aliphatic heterocycles. The number of aromatic nitrogens is 2. The fraction of sp³-hybridized carbons (Fsp3) is 0.333. The summed E-state index contributed by atoms with van der Waals surface area (Å²) in [6.07, 6.45) is 0.572. The van der Waals surface area contributed by atoms with Crippen LogP contribution in [-0.2, 0) is 6.42 Å². The molecule has 0 saturated carbocycles. The summed E-state index contributed by atoms with van der Waals surface area (Å²) in [5.74, 6) is 1.15. The van der Waals surface area contributed by atoms with Gasteiger partial charge in [0.25, 0.3) is 5.69 Å². The molecular formula is C12H14N4O3. The van der Waals surface area contributed by atoms with Gasteiger partial charge in [-0.2, -0.15) is 4.98 Å². The van der Waals surface area contributed by atoms with Crippen molar-refractivity contribution in [3.05, 3.63) is 45.6 Å². The lowest BCUT2D eigenvalue weighted by Gasteiger charge is -2.07. The first-order chi connectivity index (χ1) is 9.06. The summed E-state index contributed by atoms with van der Waals surface area (Å²) in [5, 5.41) is 17.5. The first-order valence-electron chi connectivity index (χ1n) is 5.84. The van der Waals surface area contributed by atoms with Gasteiger partial charge in [0, 0.05) is 30.8 Å². The van der Waals surface area contributed by atoms with Gasteiger partial charge >= 0.3 is 0 Å². The summed E-state index contributed by atoms with van der Waals surface area (Å²) < 4.78 is 4.99. The SMILES string of the molecule is Cc1noc(CCNc2cc([N+](=O)[O-])ccc2C)n1. The average Bonchev–Trinajstić information content (AvgIpc) is 2.77. The third-order valence-electron chi connectivity index (χ3n) is 2.66. The van der Waals surface area contributed by atoms with Crippen molar-refractivity contribution in [3.8, 4) is 0 Å². The van der Waals surface area contributed by atoms with Crippen LogP contribution in [0.2, 0.25) is 0 Å². The van der Waals surface area contributed by atoms with E-state index in [1.165, 1.54) is 12.1 Å². The van der Waals surface area contributed by atoms with Gasteiger partial charge in [0.1, 0.15) is 0 Å². The Morgan fingerprint density at radius 1 is 1.42 bits per heavy atom. The van der Waals surface area contributed by atoms with Crippen molar-refractivity contribution in [2.24, 2.45) is 0 Å². The van der Waals surface area contributed by atoms with Crippen molar-refractivity contribution < 1.29 is 9.45 Å². The van der Waals surface area contributed by atoms with E-state index in [4.69, 9.17) is 4.52 Å². The third kappa shape index (κ3) is 3.27. The summed E-state index contributed by atoms with van der Waals surface area (Å²) in [5.41, 5.74) is 1.76. The molecule has 1 N–H and O–H groups in total. The molecule has 19 heavy (non-hydrogen) atoms. The number of nitrogens with one attached hydrogen (secondary N) is 1. The Balaban J connectivity index is 1.99. The summed E-state index contributed by atoms with van der Waals surface area (Å²) in [6.45, 7) is 4.22. The smallest absolute Gasteiger partial charge is 0.271 e. The van der Waals surface area contributed by atoms with Crippen LogP contribution in [0.4, 0.5) is 11.4 Å². The van der Waals surface area contributed by atoms with Crippen LogP contribution in [-0.4, -0.2) is 21.6 Å². The first-order valence-corrected chi connectivity index (χ1v) is 5.84. The maximum absolute atomic E-state index is 10.7. The van der Waals surface area contributed by atoms with E-state index in [0.29, 0.717) is 24.7 Å². The standard InChI is InChI=1S/C12H14N4O3/c1-8-3-4-10(16(17)18)7-11(8)13-6-5-12-14-9(2)15-19-12/h3-4,7,13H,5-6H2,1-2H3. The van der Waals surface area contributed by atoms with Crippen LogP contribution in [0.5, 0.6) is 0 Å². The Hall–Kier alpha value is -2.44. The van der Waals surface area contributed by atoms with Crippen LogP contribution < -0.4 is 5.32 Å². The molecule has 0 radical (unpaired) electrons. The molecule has 0 atom stereocenters. The van der Waals surface area contributed by atoms with E-state index in [0.717, 1.165) is 11.3 Å². The zero-order valence-electron chi connectivity index (χ0n) is 10.7. The normalized spacial score (nSPS) is 10.4. The van der Waals surface area contributed by atoms with Crippen molar-refractivity contribution >= 4 is 11.4 Å². The second-order valence-corrected chi connectivity index (χ2v) is 4.17. The molecule has 0 unspecified atom stereocenters. The van der Waals surface area contributed by atoms with Gasteiger partial charge in [-0.05, 0) is 19.4 Å². The summed E-state index contributed by atoms with van der Waals surface area (Å²) >= 11 is 0. The molecule has 7 heteroatoms. The second-order valence-electron chi connectivity index (χ2n) is 4.17. The molecule has 1 heterocycles. The Kier molecular flexibility index (Phi) is 3.74.